The van der Waals surface area contributed by atoms with E-state index in [2.05, 4.69) is 48.5 Å². The fraction of sp³-hybridized carbons (Fsp3) is 1.00. The molecule has 0 aromatic heterocycles. The third-order valence-electron chi connectivity index (χ3n) is 4.18. The van der Waals surface area contributed by atoms with Crippen LogP contribution in [0, 0.1) is 23.2 Å². The summed E-state index contributed by atoms with van der Waals surface area (Å²) in [4.78, 5) is 0. The molecule has 0 bridgehead atoms. The van der Waals surface area contributed by atoms with Crippen LogP contribution in [0.5, 0.6) is 0 Å². The zero-order valence-electron chi connectivity index (χ0n) is 11.7. The van der Waals surface area contributed by atoms with Gasteiger partial charge in [-0.05, 0) is 29.6 Å². The number of rotatable bonds is 5. The van der Waals surface area contributed by atoms with Gasteiger partial charge in [-0.1, -0.05) is 54.9 Å². The van der Waals surface area contributed by atoms with Gasteiger partial charge in [0.15, 0.2) is 0 Å². The normalized spacial score (nSPS) is 20.8. The van der Waals surface area contributed by atoms with E-state index in [1.165, 1.54) is 0 Å². The summed E-state index contributed by atoms with van der Waals surface area (Å²) in [5.41, 5.74) is 0.333. The summed E-state index contributed by atoms with van der Waals surface area (Å²) < 4.78 is 0. The Balaban J connectivity index is 4.36. The Bertz CT molecular complexity index is 169. The molecule has 1 heteroatoms. The molecular weight excluding hydrogens is 184 g/mol. The number of hydrogen-bond acceptors (Lipinski definition) is 1. The molecule has 0 aliphatic carbocycles. The van der Waals surface area contributed by atoms with Crippen LogP contribution in [0.25, 0.3) is 0 Å². The van der Waals surface area contributed by atoms with Crippen LogP contribution in [-0.4, -0.2) is 11.2 Å². The van der Waals surface area contributed by atoms with E-state index >= 15 is 0 Å². The maximum Gasteiger partial charge on any atom is 0.0568 e. The van der Waals surface area contributed by atoms with E-state index in [9.17, 15) is 5.11 Å². The first-order valence-electron chi connectivity index (χ1n) is 6.39. The highest BCUT2D eigenvalue weighted by atomic mass is 16.3. The standard InChI is InChI=1S/C14H30O/c1-8-9-13(15)11(3)10(2)12(4)14(5,6)7/h10-13,15H,8-9H2,1-7H3/t10-,11+,12-,13+/m1/s1. The van der Waals surface area contributed by atoms with E-state index < -0.39 is 0 Å². The van der Waals surface area contributed by atoms with E-state index in [0.717, 1.165) is 12.8 Å². The van der Waals surface area contributed by atoms with Crippen LogP contribution >= 0.6 is 0 Å². The van der Waals surface area contributed by atoms with E-state index in [1.807, 2.05) is 0 Å². The molecule has 15 heavy (non-hydrogen) atoms. The van der Waals surface area contributed by atoms with Crippen LogP contribution in [0.2, 0.25) is 0 Å². The van der Waals surface area contributed by atoms with Crippen molar-refractivity contribution in [1.82, 2.24) is 0 Å². The number of aliphatic hydroxyl groups excluding tert-OH is 1. The lowest BCUT2D eigenvalue weighted by molar-refractivity contribution is 0.0390. The van der Waals surface area contributed by atoms with Gasteiger partial charge in [0.2, 0.25) is 0 Å². The molecular formula is C14H30O. The topological polar surface area (TPSA) is 20.2 Å². The molecule has 0 amide bonds. The first-order valence-corrected chi connectivity index (χ1v) is 6.39. The van der Waals surface area contributed by atoms with Crippen molar-refractivity contribution in [1.29, 1.82) is 0 Å². The van der Waals surface area contributed by atoms with Crippen LogP contribution in [-0.2, 0) is 0 Å². The highest BCUT2D eigenvalue weighted by Gasteiger charge is 2.31. The quantitative estimate of drug-likeness (QED) is 0.730. The Morgan fingerprint density at radius 1 is 1.00 bits per heavy atom. The first kappa shape index (κ1) is 15.0. The number of aliphatic hydroxyl groups is 1. The third-order valence-corrected chi connectivity index (χ3v) is 4.18. The van der Waals surface area contributed by atoms with E-state index in [4.69, 9.17) is 0 Å². The van der Waals surface area contributed by atoms with E-state index in [0.29, 0.717) is 23.2 Å². The molecule has 0 rings (SSSR count). The van der Waals surface area contributed by atoms with Crippen molar-refractivity contribution in [2.45, 2.75) is 67.4 Å². The maximum atomic E-state index is 10.0. The van der Waals surface area contributed by atoms with Gasteiger partial charge in [-0.3, -0.25) is 0 Å². The molecule has 0 saturated heterocycles. The van der Waals surface area contributed by atoms with Gasteiger partial charge in [0.25, 0.3) is 0 Å². The van der Waals surface area contributed by atoms with Gasteiger partial charge in [0.05, 0.1) is 6.10 Å². The Kier molecular flexibility index (Phi) is 5.87. The molecule has 0 unspecified atom stereocenters. The average Bonchev–Trinajstić information content (AvgIpc) is 2.13. The second kappa shape index (κ2) is 5.89. The summed E-state index contributed by atoms with van der Waals surface area (Å²) in [6, 6.07) is 0. The highest BCUT2D eigenvalue weighted by Crippen LogP contribution is 2.36. The second-order valence-electron chi connectivity index (χ2n) is 6.23. The predicted molar refractivity (Wildman–Crippen MR) is 67.9 cm³/mol. The minimum absolute atomic E-state index is 0.130. The largest absolute Gasteiger partial charge is 0.393 e. The summed E-state index contributed by atoms with van der Waals surface area (Å²) in [6.45, 7) is 15.8. The second-order valence-corrected chi connectivity index (χ2v) is 6.23. The lowest BCUT2D eigenvalue weighted by atomic mass is 9.69. The molecule has 0 aromatic carbocycles. The molecule has 0 fully saturated rings. The van der Waals surface area contributed by atoms with Crippen molar-refractivity contribution >= 4 is 0 Å². The number of hydrogen-bond donors (Lipinski definition) is 1. The van der Waals surface area contributed by atoms with Crippen molar-refractivity contribution in [2.75, 3.05) is 0 Å². The summed E-state index contributed by atoms with van der Waals surface area (Å²) in [6.07, 6.45) is 1.87. The molecule has 0 aliphatic rings. The Labute approximate surface area is 96.3 Å². The SMILES string of the molecule is CCC[C@H](O)[C@@H](C)[C@@H](C)[C@@H](C)C(C)(C)C. The molecule has 0 aliphatic heterocycles. The zero-order valence-corrected chi connectivity index (χ0v) is 11.7. The Morgan fingerprint density at radius 3 is 1.80 bits per heavy atom. The van der Waals surface area contributed by atoms with Crippen LogP contribution in [0.1, 0.15) is 61.3 Å². The monoisotopic (exact) mass is 214 g/mol. The predicted octanol–water partition coefficient (Wildman–Crippen LogP) is 4.10. The van der Waals surface area contributed by atoms with E-state index in [-0.39, 0.29) is 6.10 Å². The molecule has 0 radical (unpaired) electrons. The highest BCUT2D eigenvalue weighted by molar-refractivity contribution is 4.80. The van der Waals surface area contributed by atoms with Gasteiger partial charge < -0.3 is 5.11 Å². The Morgan fingerprint density at radius 2 is 1.47 bits per heavy atom. The molecule has 0 heterocycles. The van der Waals surface area contributed by atoms with Crippen LogP contribution in [0.3, 0.4) is 0 Å². The van der Waals surface area contributed by atoms with Crippen LogP contribution in [0.15, 0.2) is 0 Å². The van der Waals surface area contributed by atoms with Gasteiger partial charge in [0.1, 0.15) is 0 Å². The zero-order chi connectivity index (χ0) is 12.2. The first-order chi connectivity index (χ1) is 6.71. The van der Waals surface area contributed by atoms with Gasteiger partial charge in [-0.2, -0.15) is 0 Å². The fourth-order valence-electron chi connectivity index (χ4n) is 2.15. The van der Waals surface area contributed by atoms with Crippen LogP contribution in [0.4, 0.5) is 0 Å². The van der Waals surface area contributed by atoms with Crippen molar-refractivity contribution in [2.24, 2.45) is 23.2 Å². The molecule has 0 saturated carbocycles. The van der Waals surface area contributed by atoms with Crippen molar-refractivity contribution < 1.29 is 5.11 Å². The Hall–Kier alpha value is -0.0400. The third kappa shape index (κ3) is 4.55. The van der Waals surface area contributed by atoms with Crippen molar-refractivity contribution in [3.05, 3.63) is 0 Å². The van der Waals surface area contributed by atoms with Crippen molar-refractivity contribution in [3.63, 3.8) is 0 Å². The van der Waals surface area contributed by atoms with Crippen molar-refractivity contribution in [3.8, 4) is 0 Å². The molecule has 0 aromatic rings. The van der Waals surface area contributed by atoms with E-state index in [1.54, 1.807) is 0 Å². The fourth-order valence-corrected chi connectivity index (χ4v) is 2.15. The maximum absolute atomic E-state index is 10.0. The summed E-state index contributed by atoms with van der Waals surface area (Å²) in [5, 5.41) is 10.0. The lowest BCUT2D eigenvalue weighted by Gasteiger charge is -2.37. The van der Waals surface area contributed by atoms with Gasteiger partial charge in [-0.15, -0.1) is 0 Å². The smallest absolute Gasteiger partial charge is 0.0568 e. The summed E-state index contributed by atoms with van der Waals surface area (Å²) in [7, 11) is 0. The van der Waals surface area contributed by atoms with Gasteiger partial charge in [-0.25, -0.2) is 0 Å². The molecule has 4 atom stereocenters. The summed E-state index contributed by atoms with van der Waals surface area (Å²) in [5.74, 6) is 1.62. The average molecular weight is 214 g/mol. The molecule has 1 N–H and O–H groups in total. The van der Waals surface area contributed by atoms with Crippen LogP contribution < -0.4 is 0 Å². The molecule has 92 valence electrons. The minimum Gasteiger partial charge on any atom is -0.393 e. The van der Waals surface area contributed by atoms with Gasteiger partial charge in [0, 0.05) is 0 Å². The molecule has 1 nitrogen and oxygen atoms in total. The van der Waals surface area contributed by atoms with Gasteiger partial charge >= 0.3 is 0 Å². The lowest BCUT2D eigenvalue weighted by Crippen LogP contribution is -2.33. The molecule has 0 spiro atoms. The minimum atomic E-state index is -0.130. The summed E-state index contributed by atoms with van der Waals surface area (Å²) >= 11 is 0.